The van der Waals surface area contributed by atoms with Gasteiger partial charge in [-0.25, -0.2) is 0 Å². The van der Waals surface area contributed by atoms with Gasteiger partial charge < -0.3 is 18.6 Å². The van der Waals surface area contributed by atoms with Gasteiger partial charge in [0.25, 0.3) is 0 Å². The molecule has 1 heterocycles. The second-order valence-electron chi connectivity index (χ2n) is 8.54. The molecule has 0 saturated heterocycles. The minimum atomic E-state index is -0.200. The van der Waals surface area contributed by atoms with Gasteiger partial charge in [0, 0.05) is 5.56 Å². The van der Waals surface area contributed by atoms with Crippen molar-refractivity contribution in [3.63, 3.8) is 0 Å². The van der Waals surface area contributed by atoms with Gasteiger partial charge in [-0.3, -0.25) is 4.79 Å². The van der Waals surface area contributed by atoms with E-state index in [0.29, 0.717) is 33.8 Å². The Morgan fingerprint density at radius 1 is 0.829 bits per heavy atom. The molecule has 0 N–H and O–H groups in total. The molecule has 0 spiro atoms. The van der Waals surface area contributed by atoms with E-state index in [0.717, 1.165) is 27.5 Å². The highest BCUT2D eigenvalue weighted by Gasteiger charge is 2.21. The zero-order chi connectivity index (χ0) is 24.5. The van der Waals surface area contributed by atoms with Gasteiger partial charge in [0.05, 0.1) is 19.6 Å². The van der Waals surface area contributed by atoms with Gasteiger partial charge >= 0.3 is 0 Å². The first-order valence-electron chi connectivity index (χ1n) is 11.4. The maximum Gasteiger partial charge on any atom is 0.235 e. The normalized spacial score (nSPS) is 11.1. The SMILES string of the molecule is COc1ccc(-c2oc3cc(C)cc(C)c3c(=O)c2OCc2cccc3ccccc23)cc1OC. The summed E-state index contributed by atoms with van der Waals surface area (Å²) < 4.78 is 23.5. The summed E-state index contributed by atoms with van der Waals surface area (Å²) in [7, 11) is 3.15. The van der Waals surface area contributed by atoms with Crippen LogP contribution in [0.5, 0.6) is 17.2 Å². The number of aryl methyl sites for hydroxylation is 2. The van der Waals surface area contributed by atoms with Crippen molar-refractivity contribution in [2.75, 3.05) is 14.2 Å². The molecule has 1 aromatic heterocycles. The van der Waals surface area contributed by atoms with Gasteiger partial charge in [0.1, 0.15) is 12.2 Å². The van der Waals surface area contributed by atoms with Crippen LogP contribution < -0.4 is 19.6 Å². The van der Waals surface area contributed by atoms with Gasteiger partial charge in [0.2, 0.25) is 11.2 Å². The van der Waals surface area contributed by atoms with E-state index in [1.165, 1.54) is 0 Å². The first kappa shape index (κ1) is 22.5. The summed E-state index contributed by atoms with van der Waals surface area (Å²) in [5, 5.41) is 2.72. The van der Waals surface area contributed by atoms with Crippen molar-refractivity contribution in [1.29, 1.82) is 0 Å². The Morgan fingerprint density at radius 2 is 1.60 bits per heavy atom. The summed E-state index contributed by atoms with van der Waals surface area (Å²) in [6.45, 7) is 4.12. The summed E-state index contributed by atoms with van der Waals surface area (Å²) in [5.74, 6) is 1.65. The van der Waals surface area contributed by atoms with Gasteiger partial charge in [-0.05, 0) is 65.6 Å². The second kappa shape index (κ2) is 9.18. The van der Waals surface area contributed by atoms with Crippen LogP contribution in [0.2, 0.25) is 0 Å². The van der Waals surface area contributed by atoms with Crippen LogP contribution in [-0.2, 0) is 6.61 Å². The molecule has 0 aliphatic heterocycles. The molecule has 35 heavy (non-hydrogen) atoms. The first-order chi connectivity index (χ1) is 17.0. The highest BCUT2D eigenvalue weighted by molar-refractivity contribution is 5.87. The molecular formula is C30H26O5. The Bertz CT molecular complexity index is 1610. The number of rotatable bonds is 6. The van der Waals surface area contributed by atoms with E-state index in [9.17, 15) is 4.79 Å². The molecule has 5 rings (SSSR count). The second-order valence-corrected chi connectivity index (χ2v) is 8.54. The summed E-state index contributed by atoms with van der Waals surface area (Å²) in [5.41, 5.74) is 3.84. The fraction of sp³-hybridized carbons (Fsp3) is 0.167. The molecule has 176 valence electrons. The average molecular weight is 467 g/mol. The highest BCUT2D eigenvalue weighted by atomic mass is 16.5. The lowest BCUT2D eigenvalue weighted by Gasteiger charge is -2.15. The lowest BCUT2D eigenvalue weighted by molar-refractivity contribution is 0.299. The maximum absolute atomic E-state index is 13.8. The van der Waals surface area contributed by atoms with Crippen molar-refractivity contribution >= 4 is 21.7 Å². The van der Waals surface area contributed by atoms with Crippen LogP contribution in [0.25, 0.3) is 33.1 Å². The quantitative estimate of drug-likeness (QED) is 0.275. The van der Waals surface area contributed by atoms with E-state index in [1.54, 1.807) is 26.4 Å². The smallest absolute Gasteiger partial charge is 0.235 e. The predicted octanol–water partition coefficient (Wildman–Crippen LogP) is 6.83. The van der Waals surface area contributed by atoms with Crippen LogP contribution in [0.3, 0.4) is 0 Å². The lowest BCUT2D eigenvalue weighted by atomic mass is 10.0. The number of methoxy groups -OCH3 is 2. The van der Waals surface area contributed by atoms with Crippen LogP contribution in [0, 0.1) is 13.8 Å². The van der Waals surface area contributed by atoms with Gasteiger partial charge in [-0.15, -0.1) is 0 Å². The Hall–Kier alpha value is -4.25. The third-order valence-electron chi connectivity index (χ3n) is 6.19. The van der Waals surface area contributed by atoms with Crippen LogP contribution in [-0.4, -0.2) is 14.2 Å². The van der Waals surface area contributed by atoms with Crippen molar-refractivity contribution in [2.24, 2.45) is 0 Å². The van der Waals surface area contributed by atoms with Crippen molar-refractivity contribution < 1.29 is 18.6 Å². The predicted molar refractivity (Wildman–Crippen MR) is 139 cm³/mol. The lowest BCUT2D eigenvalue weighted by Crippen LogP contribution is -2.11. The monoisotopic (exact) mass is 466 g/mol. The summed E-state index contributed by atoms with van der Waals surface area (Å²) in [4.78, 5) is 13.8. The molecule has 0 bridgehead atoms. The summed E-state index contributed by atoms with van der Waals surface area (Å²) in [6, 6.07) is 23.4. The average Bonchev–Trinajstić information content (AvgIpc) is 2.87. The molecule has 4 aromatic carbocycles. The fourth-order valence-electron chi connectivity index (χ4n) is 4.54. The molecule has 0 aliphatic carbocycles. The highest BCUT2D eigenvalue weighted by Crippen LogP contribution is 2.37. The minimum Gasteiger partial charge on any atom is -0.493 e. The number of ether oxygens (including phenoxy) is 3. The van der Waals surface area contributed by atoms with E-state index in [1.807, 2.05) is 56.3 Å². The number of fused-ring (bicyclic) bond motifs is 2. The van der Waals surface area contributed by atoms with E-state index < -0.39 is 0 Å². The van der Waals surface area contributed by atoms with Crippen molar-refractivity contribution in [1.82, 2.24) is 0 Å². The summed E-state index contributed by atoms with van der Waals surface area (Å²) in [6.07, 6.45) is 0. The zero-order valence-corrected chi connectivity index (χ0v) is 20.2. The standard InChI is InChI=1S/C30H26O5/c1-18-14-19(2)27-26(15-18)35-29(21-12-13-24(32-3)25(16-21)33-4)30(28(27)31)34-17-22-10-7-9-20-8-5-6-11-23(20)22/h5-16H,17H2,1-4H3. The summed E-state index contributed by atoms with van der Waals surface area (Å²) >= 11 is 0. The van der Waals surface area contributed by atoms with Crippen LogP contribution in [0.4, 0.5) is 0 Å². The van der Waals surface area contributed by atoms with E-state index >= 15 is 0 Å². The van der Waals surface area contributed by atoms with E-state index in [4.69, 9.17) is 18.6 Å². The zero-order valence-electron chi connectivity index (χ0n) is 20.2. The van der Waals surface area contributed by atoms with Gasteiger partial charge in [-0.1, -0.05) is 48.5 Å². The Morgan fingerprint density at radius 3 is 2.40 bits per heavy atom. The molecular weight excluding hydrogens is 440 g/mol. The molecule has 0 amide bonds. The van der Waals surface area contributed by atoms with Gasteiger partial charge in [-0.2, -0.15) is 0 Å². The minimum absolute atomic E-state index is 0.171. The Labute approximate surface area is 203 Å². The molecule has 0 aliphatic rings. The van der Waals surface area contributed by atoms with Crippen LogP contribution in [0.1, 0.15) is 16.7 Å². The molecule has 5 aromatic rings. The third-order valence-corrected chi connectivity index (χ3v) is 6.19. The topological polar surface area (TPSA) is 57.9 Å². The molecule has 5 heteroatoms. The van der Waals surface area contributed by atoms with E-state index in [2.05, 4.69) is 18.2 Å². The Balaban J connectivity index is 1.69. The molecule has 0 atom stereocenters. The van der Waals surface area contributed by atoms with Crippen molar-refractivity contribution in [3.8, 4) is 28.6 Å². The van der Waals surface area contributed by atoms with Crippen LogP contribution >= 0.6 is 0 Å². The van der Waals surface area contributed by atoms with Crippen molar-refractivity contribution in [3.05, 3.63) is 99.7 Å². The molecule has 0 saturated carbocycles. The number of hydrogen-bond acceptors (Lipinski definition) is 5. The van der Waals surface area contributed by atoms with E-state index in [-0.39, 0.29) is 17.8 Å². The van der Waals surface area contributed by atoms with Crippen LogP contribution in [0.15, 0.2) is 82.0 Å². The molecule has 5 nitrogen and oxygen atoms in total. The first-order valence-corrected chi connectivity index (χ1v) is 11.4. The fourth-order valence-corrected chi connectivity index (χ4v) is 4.54. The largest absolute Gasteiger partial charge is 0.493 e. The maximum atomic E-state index is 13.8. The van der Waals surface area contributed by atoms with Gasteiger partial charge in [0.15, 0.2) is 17.3 Å². The third kappa shape index (κ3) is 4.10. The van der Waals surface area contributed by atoms with Crippen molar-refractivity contribution in [2.45, 2.75) is 20.5 Å². The molecule has 0 radical (unpaired) electrons. The number of benzene rings is 4. The number of hydrogen-bond donors (Lipinski definition) is 0. The molecule has 0 fully saturated rings. The Kier molecular flexibility index (Phi) is 5.91. The molecule has 0 unspecified atom stereocenters.